The first-order valence-corrected chi connectivity index (χ1v) is 5.98. The maximum atomic E-state index is 11.7. The van der Waals surface area contributed by atoms with E-state index in [2.05, 4.69) is 0 Å². The summed E-state index contributed by atoms with van der Waals surface area (Å²) in [6, 6.07) is 8.17. The molecular formula is C14H11O6-. The first-order valence-electron chi connectivity index (χ1n) is 5.98. The third-order valence-electron chi connectivity index (χ3n) is 2.62. The minimum atomic E-state index is -1.22. The minimum Gasteiger partial charge on any atom is -0.550 e. The molecule has 1 heterocycles. The van der Waals surface area contributed by atoms with Gasteiger partial charge in [-0.25, -0.2) is 9.59 Å². The zero-order valence-corrected chi connectivity index (χ0v) is 10.5. The largest absolute Gasteiger partial charge is 0.550 e. The fourth-order valence-electron chi connectivity index (χ4n) is 1.66. The van der Waals surface area contributed by atoms with Crippen LogP contribution in [0.3, 0.4) is 0 Å². The molecule has 6 heteroatoms. The summed E-state index contributed by atoms with van der Waals surface area (Å²) in [4.78, 5) is 33.6. The summed E-state index contributed by atoms with van der Waals surface area (Å²) >= 11 is 0. The first kappa shape index (κ1) is 13.8. The number of carboxylic acid groups (broad SMARTS) is 1. The lowest BCUT2D eigenvalue weighted by atomic mass is 10.2. The van der Waals surface area contributed by atoms with Crippen LogP contribution >= 0.6 is 0 Å². The number of ether oxygens (including phenoxy) is 1. The monoisotopic (exact) mass is 275 g/mol. The van der Waals surface area contributed by atoms with Gasteiger partial charge < -0.3 is 19.1 Å². The van der Waals surface area contributed by atoms with Gasteiger partial charge in [-0.05, 0) is 25.0 Å². The second-order valence-electron chi connectivity index (χ2n) is 4.10. The minimum absolute atomic E-state index is 0.0981. The van der Waals surface area contributed by atoms with Crippen molar-refractivity contribution in [1.29, 1.82) is 0 Å². The normalized spacial score (nSPS) is 10.4. The standard InChI is InChI=1S/C14H12O6/c15-12(16)6-3-7-19-13(17)10-8-9-4-1-2-5-11(9)20-14(10)18/h1-2,4-5,8H,3,6-7H2,(H,15,16)/p-1. The highest BCUT2D eigenvalue weighted by Gasteiger charge is 2.14. The zero-order valence-electron chi connectivity index (χ0n) is 10.5. The first-order chi connectivity index (χ1) is 9.58. The summed E-state index contributed by atoms with van der Waals surface area (Å²) in [6.07, 6.45) is -0.0768. The Bertz CT molecular complexity index is 700. The van der Waals surface area contributed by atoms with E-state index in [1.807, 2.05) is 0 Å². The van der Waals surface area contributed by atoms with Crippen molar-refractivity contribution in [2.45, 2.75) is 12.8 Å². The molecule has 104 valence electrons. The predicted molar refractivity (Wildman–Crippen MR) is 67.0 cm³/mol. The lowest BCUT2D eigenvalue weighted by Crippen LogP contribution is -2.23. The number of carbonyl (C=O) groups is 2. The van der Waals surface area contributed by atoms with E-state index < -0.39 is 17.6 Å². The number of carboxylic acids is 1. The quantitative estimate of drug-likeness (QED) is 0.447. The summed E-state index contributed by atoms with van der Waals surface area (Å²) < 4.78 is 9.82. The summed E-state index contributed by atoms with van der Waals surface area (Å²) in [6.45, 7) is -0.0981. The van der Waals surface area contributed by atoms with E-state index in [1.165, 1.54) is 6.07 Å². The van der Waals surface area contributed by atoms with Gasteiger partial charge in [-0.1, -0.05) is 18.2 Å². The van der Waals surface area contributed by atoms with E-state index in [-0.39, 0.29) is 25.0 Å². The van der Waals surface area contributed by atoms with Gasteiger partial charge in [0.05, 0.1) is 6.61 Å². The van der Waals surface area contributed by atoms with Crippen molar-refractivity contribution in [3.8, 4) is 0 Å². The SMILES string of the molecule is O=C([O-])CCCOC(=O)c1cc2ccccc2oc1=O. The molecular weight excluding hydrogens is 264 g/mol. The Balaban J connectivity index is 2.11. The number of para-hydroxylation sites is 1. The molecule has 0 N–H and O–H groups in total. The predicted octanol–water partition coefficient (Wildman–Crippen LogP) is 0.480. The molecule has 0 unspecified atom stereocenters. The molecule has 0 aliphatic heterocycles. The molecule has 0 saturated heterocycles. The van der Waals surface area contributed by atoms with Gasteiger partial charge in [-0.2, -0.15) is 0 Å². The zero-order chi connectivity index (χ0) is 14.5. The van der Waals surface area contributed by atoms with Crippen LogP contribution < -0.4 is 10.7 Å². The van der Waals surface area contributed by atoms with Crippen molar-refractivity contribution in [2.24, 2.45) is 0 Å². The van der Waals surface area contributed by atoms with E-state index in [0.29, 0.717) is 11.0 Å². The number of benzene rings is 1. The van der Waals surface area contributed by atoms with Gasteiger partial charge in [0, 0.05) is 11.4 Å². The highest BCUT2D eigenvalue weighted by Crippen LogP contribution is 2.13. The molecule has 1 aromatic heterocycles. The van der Waals surface area contributed by atoms with Gasteiger partial charge in [-0.15, -0.1) is 0 Å². The number of hydrogen-bond acceptors (Lipinski definition) is 6. The Morgan fingerprint density at radius 2 is 2.00 bits per heavy atom. The van der Waals surface area contributed by atoms with Crippen LogP contribution in [-0.4, -0.2) is 18.5 Å². The number of hydrogen-bond donors (Lipinski definition) is 0. The maximum Gasteiger partial charge on any atom is 0.351 e. The van der Waals surface area contributed by atoms with Gasteiger partial charge in [0.1, 0.15) is 11.1 Å². The van der Waals surface area contributed by atoms with Gasteiger partial charge in [0.25, 0.3) is 0 Å². The van der Waals surface area contributed by atoms with E-state index in [9.17, 15) is 19.5 Å². The van der Waals surface area contributed by atoms with Gasteiger partial charge >= 0.3 is 11.6 Å². The fraction of sp³-hybridized carbons (Fsp3) is 0.214. The van der Waals surface area contributed by atoms with Crippen LogP contribution in [0.25, 0.3) is 11.0 Å². The number of fused-ring (bicyclic) bond motifs is 1. The molecule has 0 aliphatic carbocycles. The molecule has 2 aromatic rings. The Kier molecular flexibility index (Phi) is 4.14. The van der Waals surface area contributed by atoms with Crippen LogP contribution in [0.4, 0.5) is 0 Å². The topological polar surface area (TPSA) is 96.6 Å². The lowest BCUT2D eigenvalue weighted by molar-refractivity contribution is -0.305. The van der Waals surface area contributed by atoms with Crippen molar-refractivity contribution in [3.63, 3.8) is 0 Å². The van der Waals surface area contributed by atoms with Crippen molar-refractivity contribution < 1.29 is 23.8 Å². The van der Waals surface area contributed by atoms with E-state index in [4.69, 9.17) is 9.15 Å². The molecule has 1 aromatic carbocycles. The summed E-state index contributed by atoms with van der Waals surface area (Å²) in [5.41, 5.74) is -0.614. The number of aliphatic carboxylic acids is 1. The third-order valence-corrected chi connectivity index (χ3v) is 2.62. The van der Waals surface area contributed by atoms with Crippen LogP contribution in [0.15, 0.2) is 39.5 Å². The molecule has 0 atom stereocenters. The van der Waals surface area contributed by atoms with Crippen LogP contribution in [0.5, 0.6) is 0 Å². The Hall–Kier alpha value is -2.63. The summed E-state index contributed by atoms with van der Waals surface area (Å²) in [5, 5.41) is 10.8. The maximum absolute atomic E-state index is 11.7. The second kappa shape index (κ2) is 6.01. The molecule has 0 spiro atoms. The molecule has 0 aliphatic rings. The average Bonchev–Trinajstić information content (AvgIpc) is 2.42. The summed E-state index contributed by atoms with van der Waals surface area (Å²) in [7, 11) is 0. The second-order valence-corrected chi connectivity index (χ2v) is 4.10. The average molecular weight is 275 g/mol. The van der Waals surface area contributed by atoms with E-state index >= 15 is 0 Å². The van der Waals surface area contributed by atoms with Gasteiger partial charge in [-0.3, -0.25) is 0 Å². The van der Waals surface area contributed by atoms with Crippen molar-refractivity contribution in [3.05, 3.63) is 46.3 Å². The van der Waals surface area contributed by atoms with E-state index in [0.717, 1.165) is 0 Å². The molecule has 0 amide bonds. The highest BCUT2D eigenvalue weighted by molar-refractivity contribution is 5.92. The van der Waals surface area contributed by atoms with E-state index in [1.54, 1.807) is 24.3 Å². The van der Waals surface area contributed by atoms with Crippen molar-refractivity contribution >= 4 is 22.9 Å². The lowest BCUT2D eigenvalue weighted by Gasteiger charge is -2.05. The molecule has 0 bridgehead atoms. The molecule has 0 fully saturated rings. The van der Waals surface area contributed by atoms with Crippen LogP contribution in [0.2, 0.25) is 0 Å². The highest BCUT2D eigenvalue weighted by atomic mass is 16.5. The van der Waals surface area contributed by atoms with Crippen LogP contribution in [0.1, 0.15) is 23.2 Å². The third kappa shape index (κ3) is 3.23. The smallest absolute Gasteiger partial charge is 0.351 e. The van der Waals surface area contributed by atoms with Crippen LogP contribution in [-0.2, 0) is 9.53 Å². The van der Waals surface area contributed by atoms with Crippen LogP contribution in [0, 0.1) is 0 Å². The Morgan fingerprint density at radius 3 is 2.75 bits per heavy atom. The Labute approximate surface area is 113 Å². The molecule has 6 nitrogen and oxygen atoms in total. The number of rotatable bonds is 5. The van der Waals surface area contributed by atoms with Gasteiger partial charge in [0.15, 0.2) is 0 Å². The summed E-state index contributed by atoms with van der Waals surface area (Å²) in [5.74, 6) is -2.05. The van der Waals surface area contributed by atoms with Crippen molar-refractivity contribution in [1.82, 2.24) is 0 Å². The number of esters is 1. The molecule has 0 saturated carbocycles. The molecule has 0 radical (unpaired) electrons. The fourth-order valence-corrected chi connectivity index (χ4v) is 1.66. The van der Waals surface area contributed by atoms with Crippen molar-refractivity contribution in [2.75, 3.05) is 6.61 Å². The molecule has 20 heavy (non-hydrogen) atoms. The molecule has 2 rings (SSSR count). The van der Waals surface area contributed by atoms with Gasteiger partial charge in [0.2, 0.25) is 0 Å². The Morgan fingerprint density at radius 1 is 1.25 bits per heavy atom. The number of carbonyl (C=O) groups excluding carboxylic acids is 2.